The number of thiol groups is 1. The molecule has 1 rings (SSSR count). The molecule has 88 valence electrons. The molecule has 0 aromatic heterocycles. The maximum Gasteiger partial charge on any atom is 0.222 e. The van der Waals surface area contributed by atoms with Crippen LogP contribution in [-0.2, 0) is 4.79 Å². The summed E-state index contributed by atoms with van der Waals surface area (Å²) in [6.07, 6.45) is 5.23. The van der Waals surface area contributed by atoms with Crippen molar-refractivity contribution in [3.05, 3.63) is 0 Å². The highest BCUT2D eigenvalue weighted by Gasteiger charge is 2.19. The first-order chi connectivity index (χ1) is 7.15. The second-order valence-electron chi connectivity index (χ2n) is 4.58. The Hall–Kier alpha value is -0.180. The van der Waals surface area contributed by atoms with Gasteiger partial charge in [-0.2, -0.15) is 12.6 Å². The van der Waals surface area contributed by atoms with Crippen molar-refractivity contribution in [2.45, 2.75) is 51.2 Å². The Balaban J connectivity index is 2.13. The first-order valence-corrected chi connectivity index (χ1v) is 6.62. The van der Waals surface area contributed by atoms with Gasteiger partial charge in [-0.15, -0.1) is 0 Å². The minimum atomic E-state index is 0.342. The number of nitrogens with zero attached hydrogens (tertiary/aromatic N) is 1. The highest BCUT2D eigenvalue weighted by atomic mass is 32.1. The van der Waals surface area contributed by atoms with Gasteiger partial charge in [0.05, 0.1) is 0 Å². The topological polar surface area (TPSA) is 20.3 Å². The van der Waals surface area contributed by atoms with Crippen LogP contribution in [0.3, 0.4) is 0 Å². The quantitative estimate of drug-likeness (QED) is 0.694. The van der Waals surface area contributed by atoms with Gasteiger partial charge in [0.2, 0.25) is 5.91 Å². The molecule has 0 spiro atoms. The lowest BCUT2D eigenvalue weighted by atomic mass is 10.0. The summed E-state index contributed by atoms with van der Waals surface area (Å²) in [7, 11) is 0. The van der Waals surface area contributed by atoms with Crippen LogP contribution in [0.15, 0.2) is 0 Å². The third-order valence-corrected chi connectivity index (χ3v) is 4.17. The van der Waals surface area contributed by atoms with Crippen LogP contribution in [0.25, 0.3) is 0 Å². The Morgan fingerprint density at radius 1 is 1.53 bits per heavy atom. The van der Waals surface area contributed by atoms with Crippen molar-refractivity contribution in [1.29, 1.82) is 0 Å². The third-order valence-electron chi connectivity index (χ3n) is 3.40. The zero-order valence-corrected chi connectivity index (χ0v) is 10.8. The third kappa shape index (κ3) is 4.06. The van der Waals surface area contributed by atoms with Crippen molar-refractivity contribution in [3.8, 4) is 0 Å². The summed E-state index contributed by atoms with van der Waals surface area (Å²) < 4.78 is 0. The molecule has 0 aromatic carbocycles. The molecule has 1 saturated heterocycles. The number of amides is 1. The monoisotopic (exact) mass is 229 g/mol. The van der Waals surface area contributed by atoms with Crippen LogP contribution in [-0.4, -0.2) is 29.1 Å². The summed E-state index contributed by atoms with van der Waals surface area (Å²) >= 11 is 4.60. The van der Waals surface area contributed by atoms with Gasteiger partial charge in [-0.25, -0.2) is 0 Å². The van der Waals surface area contributed by atoms with Crippen molar-refractivity contribution in [3.63, 3.8) is 0 Å². The molecule has 0 bridgehead atoms. The van der Waals surface area contributed by atoms with Crippen molar-refractivity contribution >= 4 is 18.5 Å². The molecule has 2 unspecified atom stereocenters. The van der Waals surface area contributed by atoms with E-state index in [0.29, 0.717) is 17.1 Å². The maximum absolute atomic E-state index is 11.3. The second kappa shape index (κ2) is 6.41. The molecular weight excluding hydrogens is 206 g/mol. The van der Waals surface area contributed by atoms with Crippen LogP contribution in [0, 0.1) is 5.92 Å². The van der Waals surface area contributed by atoms with E-state index in [1.165, 1.54) is 6.42 Å². The Morgan fingerprint density at radius 3 is 2.80 bits per heavy atom. The molecule has 2 nitrogen and oxygen atoms in total. The molecule has 1 aliphatic rings. The van der Waals surface area contributed by atoms with Gasteiger partial charge in [0.25, 0.3) is 0 Å². The van der Waals surface area contributed by atoms with E-state index < -0.39 is 0 Å². The Bertz CT molecular complexity index is 208. The van der Waals surface area contributed by atoms with Gasteiger partial charge < -0.3 is 4.90 Å². The lowest BCUT2D eigenvalue weighted by molar-refractivity contribution is -0.127. The fourth-order valence-electron chi connectivity index (χ4n) is 1.99. The van der Waals surface area contributed by atoms with Crippen LogP contribution in [0.4, 0.5) is 0 Å². The molecule has 15 heavy (non-hydrogen) atoms. The second-order valence-corrected chi connectivity index (χ2v) is 5.24. The summed E-state index contributed by atoms with van der Waals surface area (Å²) in [5, 5.41) is 0.493. The molecule has 0 saturated carbocycles. The van der Waals surface area contributed by atoms with E-state index in [9.17, 15) is 4.79 Å². The van der Waals surface area contributed by atoms with Gasteiger partial charge in [0.1, 0.15) is 0 Å². The summed E-state index contributed by atoms with van der Waals surface area (Å²) in [4.78, 5) is 13.3. The van der Waals surface area contributed by atoms with Crippen LogP contribution >= 0.6 is 12.6 Å². The van der Waals surface area contributed by atoms with Gasteiger partial charge >= 0.3 is 0 Å². The first-order valence-electron chi connectivity index (χ1n) is 6.11. The van der Waals surface area contributed by atoms with Gasteiger partial charge in [-0.05, 0) is 25.2 Å². The largest absolute Gasteiger partial charge is 0.343 e. The zero-order chi connectivity index (χ0) is 11.3. The van der Waals surface area contributed by atoms with Crippen LogP contribution < -0.4 is 0 Å². The molecule has 0 aromatic rings. The minimum Gasteiger partial charge on any atom is -0.343 e. The predicted octanol–water partition coefficient (Wildman–Crippen LogP) is 2.73. The summed E-state index contributed by atoms with van der Waals surface area (Å²) in [5.41, 5.74) is 0. The standard InChI is InChI=1S/C12H23NOS/c1-3-10(2)11(15)6-4-8-13-9-5-7-12(13)14/h10-11,15H,3-9H2,1-2H3. The fourth-order valence-corrected chi connectivity index (χ4v) is 2.38. The van der Waals surface area contributed by atoms with Crippen molar-refractivity contribution < 1.29 is 4.79 Å². The van der Waals surface area contributed by atoms with E-state index in [1.54, 1.807) is 0 Å². The van der Waals surface area contributed by atoms with Gasteiger partial charge in [0, 0.05) is 24.8 Å². The Morgan fingerprint density at radius 2 is 2.27 bits per heavy atom. The fraction of sp³-hybridized carbons (Fsp3) is 0.917. The first kappa shape index (κ1) is 12.9. The molecule has 1 heterocycles. The van der Waals surface area contributed by atoms with Gasteiger partial charge in [-0.1, -0.05) is 20.3 Å². The average molecular weight is 229 g/mol. The van der Waals surface area contributed by atoms with Crippen LogP contribution in [0.5, 0.6) is 0 Å². The molecule has 2 atom stereocenters. The zero-order valence-electron chi connectivity index (χ0n) is 9.91. The van der Waals surface area contributed by atoms with E-state index in [4.69, 9.17) is 0 Å². The number of hydrogen-bond acceptors (Lipinski definition) is 2. The molecule has 1 amide bonds. The summed E-state index contributed by atoms with van der Waals surface area (Å²) in [6.45, 7) is 6.36. The predicted molar refractivity (Wildman–Crippen MR) is 67.3 cm³/mol. The molecule has 0 N–H and O–H groups in total. The molecule has 1 fully saturated rings. The van der Waals surface area contributed by atoms with Crippen molar-refractivity contribution in [1.82, 2.24) is 4.90 Å². The molecular formula is C12H23NOS. The smallest absolute Gasteiger partial charge is 0.222 e. The van der Waals surface area contributed by atoms with E-state index >= 15 is 0 Å². The number of carbonyl (C=O) groups excluding carboxylic acids is 1. The van der Waals surface area contributed by atoms with E-state index in [-0.39, 0.29) is 0 Å². The number of hydrogen-bond donors (Lipinski definition) is 1. The molecule has 0 radical (unpaired) electrons. The number of carbonyl (C=O) groups is 1. The lowest BCUT2D eigenvalue weighted by Gasteiger charge is -2.20. The maximum atomic E-state index is 11.3. The highest BCUT2D eigenvalue weighted by Crippen LogP contribution is 2.19. The normalized spacial score (nSPS) is 20.7. The van der Waals surface area contributed by atoms with E-state index in [2.05, 4.69) is 26.5 Å². The molecule has 0 aliphatic carbocycles. The van der Waals surface area contributed by atoms with Crippen molar-refractivity contribution in [2.75, 3.05) is 13.1 Å². The summed E-state index contributed by atoms with van der Waals surface area (Å²) in [5.74, 6) is 1.02. The van der Waals surface area contributed by atoms with Crippen LogP contribution in [0.1, 0.15) is 46.0 Å². The highest BCUT2D eigenvalue weighted by molar-refractivity contribution is 7.81. The Labute approximate surface area is 98.8 Å². The minimum absolute atomic E-state index is 0.342. The van der Waals surface area contributed by atoms with Gasteiger partial charge in [0.15, 0.2) is 0 Å². The number of likely N-dealkylation sites (tertiary alicyclic amines) is 1. The lowest BCUT2D eigenvalue weighted by Crippen LogP contribution is -2.26. The van der Waals surface area contributed by atoms with Crippen LogP contribution in [0.2, 0.25) is 0 Å². The van der Waals surface area contributed by atoms with E-state index in [1.807, 2.05) is 4.90 Å². The SMILES string of the molecule is CCC(C)C(S)CCCN1CCCC1=O. The average Bonchev–Trinajstić information content (AvgIpc) is 2.63. The number of rotatable bonds is 6. The van der Waals surface area contributed by atoms with E-state index in [0.717, 1.165) is 38.8 Å². The summed E-state index contributed by atoms with van der Waals surface area (Å²) in [6, 6.07) is 0. The van der Waals surface area contributed by atoms with Crippen molar-refractivity contribution in [2.24, 2.45) is 5.92 Å². The molecule has 3 heteroatoms. The molecule has 1 aliphatic heterocycles. The van der Waals surface area contributed by atoms with Gasteiger partial charge in [-0.3, -0.25) is 4.79 Å². The Kier molecular flexibility index (Phi) is 5.51.